The van der Waals surface area contributed by atoms with Crippen molar-refractivity contribution in [2.45, 2.75) is 30.6 Å². The summed E-state index contributed by atoms with van der Waals surface area (Å²) in [6.45, 7) is 4.68. The molecule has 0 aliphatic carbocycles. The fraction of sp³-hybridized carbons (Fsp3) is 0.429. The maximum Gasteiger partial charge on any atom is 0.175 e. The van der Waals surface area contributed by atoms with E-state index in [4.69, 9.17) is 0 Å². The average Bonchev–Trinajstić information content (AvgIpc) is 2.66. The number of rotatable bonds is 7. The zero-order chi connectivity index (χ0) is 18.4. The van der Waals surface area contributed by atoms with Crippen molar-refractivity contribution in [2.75, 3.05) is 37.8 Å². The summed E-state index contributed by atoms with van der Waals surface area (Å²) in [5.41, 5.74) is 3.23. The highest BCUT2D eigenvalue weighted by Gasteiger charge is 2.09. The SMILES string of the molecule is CS(=O)(=O)c1ccc(-c2ccc(NCCCN3CCCCC3)cc2)cc1. The molecule has 5 heteroatoms. The number of likely N-dealkylation sites (tertiary alicyclic amines) is 1. The van der Waals surface area contributed by atoms with Crippen LogP contribution >= 0.6 is 0 Å². The number of nitrogens with one attached hydrogen (secondary N) is 1. The Bertz CT molecular complexity index is 793. The lowest BCUT2D eigenvalue weighted by Crippen LogP contribution is -2.31. The molecule has 1 heterocycles. The molecule has 1 fully saturated rings. The van der Waals surface area contributed by atoms with Gasteiger partial charge in [0.25, 0.3) is 0 Å². The number of piperidine rings is 1. The second-order valence-corrected chi connectivity index (χ2v) is 9.07. The van der Waals surface area contributed by atoms with Crippen LogP contribution in [0, 0.1) is 0 Å². The van der Waals surface area contributed by atoms with Crippen molar-refractivity contribution in [3.63, 3.8) is 0 Å². The summed E-state index contributed by atoms with van der Waals surface area (Å²) in [4.78, 5) is 2.92. The van der Waals surface area contributed by atoms with Gasteiger partial charge in [0.15, 0.2) is 9.84 Å². The van der Waals surface area contributed by atoms with E-state index in [9.17, 15) is 8.42 Å². The molecule has 1 saturated heterocycles. The largest absolute Gasteiger partial charge is 0.385 e. The Morgan fingerprint density at radius 3 is 2.04 bits per heavy atom. The zero-order valence-corrected chi connectivity index (χ0v) is 16.3. The van der Waals surface area contributed by atoms with Gasteiger partial charge in [-0.1, -0.05) is 30.7 Å². The first-order chi connectivity index (χ1) is 12.5. The molecular weight excluding hydrogens is 344 g/mol. The third kappa shape index (κ3) is 5.32. The molecule has 4 nitrogen and oxygen atoms in total. The van der Waals surface area contributed by atoms with Gasteiger partial charge in [0.2, 0.25) is 0 Å². The van der Waals surface area contributed by atoms with Crippen LogP contribution in [0.2, 0.25) is 0 Å². The second-order valence-electron chi connectivity index (χ2n) is 7.06. The van der Waals surface area contributed by atoms with E-state index >= 15 is 0 Å². The topological polar surface area (TPSA) is 49.4 Å². The van der Waals surface area contributed by atoms with Crippen molar-refractivity contribution >= 4 is 15.5 Å². The van der Waals surface area contributed by atoms with Crippen molar-refractivity contribution in [1.29, 1.82) is 0 Å². The Hall–Kier alpha value is -1.85. The first kappa shape index (κ1) is 18.9. The van der Waals surface area contributed by atoms with Crippen LogP contribution in [0.25, 0.3) is 11.1 Å². The molecule has 0 saturated carbocycles. The van der Waals surface area contributed by atoms with Gasteiger partial charge >= 0.3 is 0 Å². The molecule has 1 aliphatic rings. The van der Waals surface area contributed by atoms with Crippen molar-refractivity contribution < 1.29 is 8.42 Å². The molecule has 0 bridgehead atoms. The Morgan fingerprint density at radius 1 is 0.885 bits per heavy atom. The van der Waals surface area contributed by atoms with Crippen LogP contribution in [0.4, 0.5) is 5.69 Å². The van der Waals surface area contributed by atoms with Gasteiger partial charge in [-0.25, -0.2) is 8.42 Å². The summed E-state index contributed by atoms with van der Waals surface area (Å²) < 4.78 is 23.1. The summed E-state index contributed by atoms with van der Waals surface area (Å²) in [6, 6.07) is 15.4. The van der Waals surface area contributed by atoms with Crippen LogP contribution in [0.15, 0.2) is 53.4 Å². The van der Waals surface area contributed by atoms with Gasteiger partial charge in [0, 0.05) is 18.5 Å². The highest BCUT2D eigenvalue weighted by Crippen LogP contribution is 2.23. The lowest BCUT2D eigenvalue weighted by Gasteiger charge is -2.26. The van der Waals surface area contributed by atoms with Crippen LogP contribution < -0.4 is 5.32 Å². The van der Waals surface area contributed by atoms with Gasteiger partial charge < -0.3 is 10.2 Å². The van der Waals surface area contributed by atoms with Crippen LogP contribution in [-0.4, -0.2) is 45.8 Å². The molecule has 0 atom stereocenters. The summed E-state index contributed by atoms with van der Waals surface area (Å²) in [5, 5.41) is 3.49. The molecular formula is C21H28N2O2S. The number of hydrogen-bond acceptors (Lipinski definition) is 4. The maximum atomic E-state index is 11.5. The number of nitrogens with zero attached hydrogens (tertiary/aromatic N) is 1. The Labute approximate surface area is 157 Å². The molecule has 2 aromatic rings. The first-order valence-corrected chi connectivity index (χ1v) is 11.3. The third-order valence-corrected chi connectivity index (χ3v) is 6.06. The van der Waals surface area contributed by atoms with Gasteiger partial charge in [0.1, 0.15) is 0 Å². The molecule has 0 spiro atoms. The minimum Gasteiger partial charge on any atom is -0.385 e. The van der Waals surface area contributed by atoms with Crippen LogP contribution in [0.5, 0.6) is 0 Å². The van der Waals surface area contributed by atoms with Crippen LogP contribution in [-0.2, 0) is 9.84 Å². The molecule has 2 aromatic carbocycles. The number of benzene rings is 2. The fourth-order valence-electron chi connectivity index (χ4n) is 3.39. The number of hydrogen-bond donors (Lipinski definition) is 1. The van der Waals surface area contributed by atoms with E-state index < -0.39 is 9.84 Å². The van der Waals surface area contributed by atoms with Gasteiger partial charge in [-0.2, -0.15) is 0 Å². The quantitative estimate of drug-likeness (QED) is 0.745. The van der Waals surface area contributed by atoms with Crippen molar-refractivity contribution in [2.24, 2.45) is 0 Å². The Kier molecular flexibility index (Phi) is 6.33. The normalized spacial score (nSPS) is 15.7. The smallest absolute Gasteiger partial charge is 0.175 e. The summed E-state index contributed by atoms with van der Waals surface area (Å²) in [7, 11) is -3.14. The lowest BCUT2D eigenvalue weighted by molar-refractivity contribution is 0.228. The molecule has 1 aliphatic heterocycles. The maximum absolute atomic E-state index is 11.5. The van der Waals surface area contributed by atoms with E-state index in [-0.39, 0.29) is 0 Å². The van der Waals surface area contributed by atoms with Gasteiger partial charge in [0.05, 0.1) is 4.90 Å². The van der Waals surface area contributed by atoms with Gasteiger partial charge in [-0.15, -0.1) is 0 Å². The lowest BCUT2D eigenvalue weighted by atomic mass is 10.1. The molecule has 0 amide bonds. The van der Waals surface area contributed by atoms with Crippen molar-refractivity contribution in [1.82, 2.24) is 4.90 Å². The van der Waals surface area contributed by atoms with Crippen LogP contribution in [0.1, 0.15) is 25.7 Å². The minimum atomic E-state index is -3.14. The molecule has 0 radical (unpaired) electrons. The molecule has 3 rings (SSSR count). The number of sulfone groups is 1. The molecule has 140 valence electrons. The highest BCUT2D eigenvalue weighted by molar-refractivity contribution is 7.90. The third-order valence-electron chi connectivity index (χ3n) is 4.93. The van der Waals surface area contributed by atoms with Crippen molar-refractivity contribution in [3.8, 4) is 11.1 Å². The van der Waals surface area contributed by atoms with Gasteiger partial charge in [-0.05, 0) is 74.3 Å². The monoisotopic (exact) mass is 372 g/mol. The van der Waals surface area contributed by atoms with E-state index in [2.05, 4.69) is 34.5 Å². The predicted octanol–water partition coefficient (Wildman–Crippen LogP) is 4.05. The molecule has 0 aromatic heterocycles. The molecule has 0 unspecified atom stereocenters. The second kappa shape index (κ2) is 8.69. The summed E-state index contributed by atoms with van der Waals surface area (Å²) in [6.07, 6.45) is 6.47. The summed E-state index contributed by atoms with van der Waals surface area (Å²) in [5.74, 6) is 0. The first-order valence-electron chi connectivity index (χ1n) is 9.39. The molecule has 26 heavy (non-hydrogen) atoms. The molecule has 1 N–H and O–H groups in total. The average molecular weight is 373 g/mol. The fourth-order valence-corrected chi connectivity index (χ4v) is 4.02. The standard InChI is InChI=1S/C21H28N2O2S/c1-26(24,25)21-12-8-19(9-13-21)18-6-10-20(11-7-18)22-14-5-17-23-15-3-2-4-16-23/h6-13,22H,2-5,14-17H2,1H3. The van der Waals surface area contributed by atoms with E-state index in [1.165, 1.54) is 45.2 Å². The van der Waals surface area contributed by atoms with Gasteiger partial charge in [-0.3, -0.25) is 0 Å². The van der Waals surface area contributed by atoms with Crippen molar-refractivity contribution in [3.05, 3.63) is 48.5 Å². The predicted molar refractivity (Wildman–Crippen MR) is 108 cm³/mol. The van der Waals surface area contributed by atoms with E-state index in [0.29, 0.717) is 4.90 Å². The Balaban J connectivity index is 1.50. The van der Waals surface area contributed by atoms with E-state index in [1.807, 2.05) is 12.1 Å². The Morgan fingerprint density at radius 2 is 1.46 bits per heavy atom. The highest BCUT2D eigenvalue weighted by atomic mass is 32.2. The van der Waals surface area contributed by atoms with E-state index in [0.717, 1.165) is 29.8 Å². The minimum absolute atomic E-state index is 0.355. The van der Waals surface area contributed by atoms with E-state index in [1.54, 1.807) is 12.1 Å². The summed E-state index contributed by atoms with van der Waals surface area (Å²) >= 11 is 0. The zero-order valence-electron chi connectivity index (χ0n) is 15.4. The number of anilines is 1. The van der Waals surface area contributed by atoms with Crippen LogP contribution in [0.3, 0.4) is 0 Å².